The molecule has 0 bridgehead atoms. The predicted octanol–water partition coefficient (Wildman–Crippen LogP) is 18.7. The molecule has 0 fully saturated rings. The number of carboxylic acid groups (broad SMARTS) is 2. The zero-order valence-corrected chi connectivity index (χ0v) is 65.6. The van der Waals surface area contributed by atoms with E-state index in [0.717, 1.165) is 153 Å². The second kappa shape index (κ2) is 54.9. The minimum absolute atomic E-state index is 0.153. The number of carbonyl (C=O) groups is 6. The minimum atomic E-state index is -0.949. The number of esters is 4. The highest BCUT2D eigenvalue weighted by Crippen LogP contribution is 2.26. The summed E-state index contributed by atoms with van der Waals surface area (Å²) in [5.41, 5.74) is 9.49. The number of halogens is 2. The third-order valence-electron chi connectivity index (χ3n) is 16.7. The maximum absolute atomic E-state index is 11.8. The first-order valence-corrected chi connectivity index (χ1v) is 37.6. The average Bonchev–Trinajstić information content (AvgIpc) is 0.879. The molecule has 578 valence electrons. The van der Waals surface area contributed by atoms with E-state index in [4.69, 9.17) is 61.8 Å². The van der Waals surface area contributed by atoms with Crippen LogP contribution in [0.1, 0.15) is 175 Å². The number of aromatic hydroxyl groups is 1. The lowest BCUT2D eigenvalue weighted by Crippen LogP contribution is -2.27. The molecule has 20 heteroatoms. The number of carbonyl (C=O) groups excluding carboxylic acids is 4. The summed E-state index contributed by atoms with van der Waals surface area (Å²) in [4.78, 5) is 75.1. The molecule has 107 heavy (non-hydrogen) atoms. The smallest absolute Gasteiger partial charge is 0.337 e. The molecule has 0 saturated carbocycles. The summed E-state index contributed by atoms with van der Waals surface area (Å²) in [5.74, 6) is -0.852. The summed E-state index contributed by atoms with van der Waals surface area (Å²) >= 11 is 12.6. The molecule has 0 aliphatic rings. The second-order valence-electron chi connectivity index (χ2n) is 24.0. The second-order valence-corrected chi connectivity index (χ2v) is 24.8. The molecule has 8 aromatic carbocycles. The van der Waals surface area contributed by atoms with Crippen molar-refractivity contribution in [1.82, 2.24) is 14.7 Å². The van der Waals surface area contributed by atoms with E-state index in [0.29, 0.717) is 72.5 Å². The van der Waals surface area contributed by atoms with E-state index in [9.17, 15) is 33.9 Å². The van der Waals surface area contributed by atoms with Crippen LogP contribution in [0.5, 0.6) is 17.2 Å². The molecule has 8 aromatic rings. The molecule has 0 spiro atoms. The third kappa shape index (κ3) is 36.5. The van der Waals surface area contributed by atoms with Crippen molar-refractivity contribution in [2.75, 3.05) is 67.7 Å². The fraction of sp³-hybridized carbons (Fsp3) is 0.379. The van der Waals surface area contributed by atoms with Gasteiger partial charge in [0.2, 0.25) is 0 Å². The number of carboxylic acids is 2. The normalized spacial score (nSPS) is 10.4. The van der Waals surface area contributed by atoms with E-state index in [2.05, 4.69) is 20.8 Å². The van der Waals surface area contributed by atoms with Crippen LogP contribution in [0.15, 0.2) is 194 Å². The van der Waals surface area contributed by atoms with E-state index in [1.54, 1.807) is 42.5 Å². The van der Waals surface area contributed by atoms with Crippen LogP contribution in [0.4, 0.5) is 0 Å². The van der Waals surface area contributed by atoms with Gasteiger partial charge in [0.1, 0.15) is 30.5 Å². The lowest BCUT2D eigenvalue weighted by atomic mass is 10.1. The van der Waals surface area contributed by atoms with Crippen molar-refractivity contribution < 1.29 is 72.5 Å². The number of phenolic OH excluding ortho intramolecular Hbond substituents is 1. The fourth-order valence-corrected chi connectivity index (χ4v) is 11.3. The molecule has 0 radical (unpaired) electrons. The van der Waals surface area contributed by atoms with E-state index < -0.39 is 11.9 Å². The van der Waals surface area contributed by atoms with Gasteiger partial charge in [-0.15, -0.1) is 0 Å². The lowest BCUT2D eigenvalue weighted by Gasteiger charge is -2.23. The number of phenols is 1. The Kier molecular flexibility index (Phi) is 47.1. The Morgan fingerprint density at radius 2 is 0.654 bits per heavy atom. The predicted molar refractivity (Wildman–Crippen MR) is 426 cm³/mol. The standard InChI is InChI=1S/C30H34ClNO5.C28H30ClNO5.C23H29NO5.3C2H6/c1-35-29(33)13-7-8-19-32(21-23-14-16-25(17-15-23)30(34)36-2)20-18-24-9-4-6-12-28(24)37-22-26-10-3-5-11-27(26)31;29-25-9-3-1-8-24(25)20-35-26-10-4-2-7-22(26)16-18-30(17-6-5-11-27(31)32)19-21-12-14-23(15-13-21)28(33)34;1-28-22(26)9-5-6-15-24(16-14-19-7-3-4-8-21(19)25)17-18-10-12-20(13-11-18)23(27)29-2;3*1-2/h3-6,9-12,14-17H,7-8,13,18-22H2,1-2H3;1-4,7-10,12-15H,5-6,11,16-20H2,(H,31,32)(H,33,34);3-4,7-8,10-13,25H,5-6,9,14-17H2,1-2H3;3*1-2H3. The average molecular weight is 1510 g/mol. The maximum atomic E-state index is 11.8. The van der Waals surface area contributed by atoms with Gasteiger partial charge in [0.15, 0.2) is 0 Å². The molecule has 0 atom stereocenters. The molecule has 8 rings (SSSR count). The Morgan fingerprint density at radius 3 is 0.981 bits per heavy atom. The van der Waals surface area contributed by atoms with E-state index in [-0.39, 0.29) is 35.9 Å². The minimum Gasteiger partial charge on any atom is -0.508 e. The van der Waals surface area contributed by atoms with Gasteiger partial charge in [-0.3, -0.25) is 29.1 Å². The molecular formula is C87H111Cl2N3O15. The van der Waals surface area contributed by atoms with E-state index in [1.165, 1.54) is 28.4 Å². The van der Waals surface area contributed by atoms with Crippen molar-refractivity contribution in [2.24, 2.45) is 0 Å². The van der Waals surface area contributed by atoms with Crippen LogP contribution < -0.4 is 9.47 Å². The van der Waals surface area contributed by atoms with Crippen molar-refractivity contribution in [2.45, 2.75) is 151 Å². The fourth-order valence-electron chi connectivity index (χ4n) is 10.9. The van der Waals surface area contributed by atoms with Crippen molar-refractivity contribution in [3.63, 3.8) is 0 Å². The molecule has 0 heterocycles. The number of para-hydroxylation sites is 3. The van der Waals surface area contributed by atoms with Crippen molar-refractivity contribution >= 4 is 59.0 Å². The molecule has 0 aromatic heterocycles. The molecule has 3 N–H and O–H groups in total. The number of aliphatic carboxylic acids is 1. The number of ether oxygens (including phenoxy) is 6. The summed E-state index contributed by atoms with van der Waals surface area (Å²) in [5, 5.41) is 29.4. The highest BCUT2D eigenvalue weighted by Gasteiger charge is 2.17. The van der Waals surface area contributed by atoms with Gasteiger partial charge in [-0.25, -0.2) is 14.4 Å². The molecule has 0 aliphatic heterocycles. The zero-order valence-electron chi connectivity index (χ0n) is 64.1. The monoisotopic (exact) mass is 1510 g/mol. The number of nitrogens with zero attached hydrogens (tertiary/aromatic N) is 3. The molecule has 0 amide bonds. The Morgan fingerprint density at radius 1 is 0.346 bits per heavy atom. The third-order valence-corrected chi connectivity index (χ3v) is 17.4. The van der Waals surface area contributed by atoms with Crippen LogP contribution in [0.25, 0.3) is 0 Å². The lowest BCUT2D eigenvalue weighted by molar-refractivity contribution is -0.141. The van der Waals surface area contributed by atoms with Crippen LogP contribution in [-0.4, -0.2) is 134 Å². The van der Waals surface area contributed by atoms with Crippen molar-refractivity contribution in [3.8, 4) is 17.2 Å². The Bertz CT molecular complexity index is 3840. The number of hydrogen-bond donors (Lipinski definition) is 3. The van der Waals surface area contributed by atoms with Gasteiger partial charge in [0.25, 0.3) is 0 Å². The summed E-state index contributed by atoms with van der Waals surface area (Å²) in [6, 6.07) is 60.4. The number of hydrogen-bond acceptors (Lipinski definition) is 16. The van der Waals surface area contributed by atoms with Crippen LogP contribution in [0.3, 0.4) is 0 Å². The van der Waals surface area contributed by atoms with Crippen LogP contribution in [0, 0.1) is 0 Å². The topological polar surface area (TPSA) is 228 Å². The first-order chi connectivity index (χ1) is 51.9. The molecule has 0 saturated heterocycles. The van der Waals surface area contributed by atoms with Crippen LogP contribution in [-0.2, 0) is 85.4 Å². The van der Waals surface area contributed by atoms with Crippen molar-refractivity contribution in [1.29, 1.82) is 0 Å². The maximum Gasteiger partial charge on any atom is 0.337 e. The summed E-state index contributed by atoms with van der Waals surface area (Å²) in [6.45, 7) is 19.6. The van der Waals surface area contributed by atoms with Gasteiger partial charge in [-0.05, 0) is 178 Å². The number of benzene rings is 8. The molecule has 0 unspecified atom stereocenters. The first kappa shape index (κ1) is 91.6. The van der Waals surface area contributed by atoms with Crippen LogP contribution in [0.2, 0.25) is 10.0 Å². The number of aromatic carboxylic acids is 1. The highest BCUT2D eigenvalue weighted by molar-refractivity contribution is 6.31. The van der Waals surface area contributed by atoms with Gasteiger partial charge in [0, 0.05) is 79.7 Å². The zero-order chi connectivity index (χ0) is 78.6. The van der Waals surface area contributed by atoms with Gasteiger partial charge in [-0.1, -0.05) is 192 Å². The Hall–Kier alpha value is -9.56. The highest BCUT2D eigenvalue weighted by atomic mass is 35.5. The largest absolute Gasteiger partial charge is 0.508 e. The van der Waals surface area contributed by atoms with Gasteiger partial charge in [-0.2, -0.15) is 0 Å². The van der Waals surface area contributed by atoms with Crippen molar-refractivity contribution in [3.05, 3.63) is 265 Å². The van der Waals surface area contributed by atoms with E-state index >= 15 is 0 Å². The van der Waals surface area contributed by atoms with Crippen LogP contribution >= 0.6 is 23.2 Å². The summed E-state index contributed by atoms with van der Waals surface area (Å²) < 4.78 is 31.2. The van der Waals surface area contributed by atoms with Gasteiger partial charge < -0.3 is 43.7 Å². The van der Waals surface area contributed by atoms with Gasteiger partial charge in [0.05, 0.1) is 45.1 Å². The van der Waals surface area contributed by atoms with Gasteiger partial charge >= 0.3 is 35.8 Å². The van der Waals surface area contributed by atoms with E-state index in [1.807, 2.05) is 187 Å². The summed E-state index contributed by atoms with van der Waals surface area (Å²) in [6.07, 6.45) is 7.92. The molecule has 18 nitrogen and oxygen atoms in total. The quantitative estimate of drug-likeness (QED) is 0.0185. The Labute approximate surface area is 644 Å². The number of unbranched alkanes of at least 4 members (excludes halogenated alkanes) is 3. The number of rotatable bonds is 39. The Balaban J connectivity index is 0.000000404. The molecular weight excluding hydrogens is 1400 g/mol. The summed E-state index contributed by atoms with van der Waals surface area (Å²) in [7, 11) is 5.56. The first-order valence-electron chi connectivity index (χ1n) is 36.8. The number of methoxy groups -OCH3 is 4. The SMILES string of the molecule is CC.CC.CC.COC(=O)CCCCN(CCc1ccccc1O)Cc1ccc(C(=O)OC)cc1.COC(=O)CCCCN(CCc1ccccc1OCc1ccccc1Cl)Cc1ccc(C(=O)OC)cc1.O=C(O)CCCCN(CCc1ccccc1OCc1ccccc1Cl)Cc1ccc(C(=O)O)cc1. The molecule has 0 aliphatic carbocycles.